The van der Waals surface area contributed by atoms with Crippen LogP contribution in [0.1, 0.15) is 18.5 Å². The summed E-state index contributed by atoms with van der Waals surface area (Å²) < 4.78 is 7.31. The first-order chi connectivity index (χ1) is 9.19. The van der Waals surface area contributed by atoms with Crippen LogP contribution in [0.2, 0.25) is 0 Å². The first kappa shape index (κ1) is 14.3. The number of nitrogens with zero attached hydrogens (tertiary/aromatic N) is 3. The molecule has 1 unspecified atom stereocenters. The number of nitrogens with one attached hydrogen (secondary N) is 1. The predicted molar refractivity (Wildman–Crippen MR) is 77.6 cm³/mol. The van der Waals surface area contributed by atoms with E-state index in [-0.39, 0.29) is 0 Å². The largest absolute Gasteiger partial charge is 0.385 e. The van der Waals surface area contributed by atoms with Crippen molar-refractivity contribution in [1.29, 1.82) is 0 Å². The smallest absolute Gasteiger partial charge is 0.203 e. The predicted octanol–water partition coefficient (Wildman–Crippen LogP) is 1.59. The van der Waals surface area contributed by atoms with Gasteiger partial charge in [0.05, 0.1) is 5.69 Å². The number of anilines is 1. The maximum atomic E-state index is 5.10. The number of likely N-dealkylation sites (tertiary alicyclic amines) is 1. The molecule has 2 heterocycles. The average molecular weight is 266 g/mol. The molecule has 0 radical (unpaired) electrons. The van der Waals surface area contributed by atoms with Crippen molar-refractivity contribution in [1.82, 2.24) is 14.5 Å². The SMILES string of the molecule is COCCCn1cc(C)nc1NCC1CCN(C)C1. The average Bonchev–Trinajstić information content (AvgIpc) is 2.94. The Morgan fingerprint density at radius 1 is 1.53 bits per heavy atom. The number of imidazole rings is 1. The van der Waals surface area contributed by atoms with Crippen LogP contribution in [0.15, 0.2) is 6.20 Å². The molecule has 1 N–H and O–H groups in total. The summed E-state index contributed by atoms with van der Waals surface area (Å²) in [6.45, 7) is 7.22. The van der Waals surface area contributed by atoms with E-state index in [0.29, 0.717) is 0 Å². The Hall–Kier alpha value is -1.07. The first-order valence-electron chi connectivity index (χ1n) is 7.14. The van der Waals surface area contributed by atoms with Crippen LogP contribution in [-0.4, -0.2) is 54.8 Å². The van der Waals surface area contributed by atoms with Crippen molar-refractivity contribution < 1.29 is 4.74 Å². The minimum absolute atomic E-state index is 0.745. The Balaban J connectivity index is 1.84. The third-order valence-electron chi connectivity index (χ3n) is 3.68. The van der Waals surface area contributed by atoms with Gasteiger partial charge in [0, 0.05) is 39.5 Å². The molecular formula is C14H26N4O. The molecule has 108 valence electrons. The fraction of sp³-hybridized carbons (Fsp3) is 0.786. The molecule has 1 saturated heterocycles. The van der Waals surface area contributed by atoms with Crippen LogP contribution in [0.3, 0.4) is 0 Å². The van der Waals surface area contributed by atoms with Crippen LogP contribution < -0.4 is 5.32 Å². The van der Waals surface area contributed by atoms with Crippen LogP contribution in [0.25, 0.3) is 0 Å². The Morgan fingerprint density at radius 2 is 2.37 bits per heavy atom. The Kier molecular flexibility index (Phi) is 5.22. The summed E-state index contributed by atoms with van der Waals surface area (Å²) in [5, 5.41) is 3.51. The fourth-order valence-corrected chi connectivity index (χ4v) is 2.67. The third-order valence-corrected chi connectivity index (χ3v) is 3.68. The van der Waals surface area contributed by atoms with E-state index in [1.807, 2.05) is 6.92 Å². The van der Waals surface area contributed by atoms with E-state index >= 15 is 0 Å². The van der Waals surface area contributed by atoms with Crippen molar-refractivity contribution in [2.75, 3.05) is 45.7 Å². The molecule has 1 atom stereocenters. The molecule has 0 spiro atoms. The Morgan fingerprint density at radius 3 is 3.05 bits per heavy atom. The van der Waals surface area contributed by atoms with E-state index in [9.17, 15) is 0 Å². The minimum Gasteiger partial charge on any atom is -0.385 e. The standard InChI is InChI=1S/C14H26N4O/c1-12-10-18(6-4-8-19-3)14(16-12)15-9-13-5-7-17(2)11-13/h10,13H,4-9,11H2,1-3H3,(H,15,16). The number of aromatic nitrogens is 2. The van der Waals surface area contributed by atoms with Crippen molar-refractivity contribution in [2.45, 2.75) is 26.3 Å². The molecule has 19 heavy (non-hydrogen) atoms. The summed E-state index contributed by atoms with van der Waals surface area (Å²) in [6, 6.07) is 0. The monoisotopic (exact) mass is 266 g/mol. The van der Waals surface area contributed by atoms with Crippen LogP contribution in [-0.2, 0) is 11.3 Å². The second-order valence-electron chi connectivity index (χ2n) is 5.54. The molecule has 2 rings (SSSR count). The highest BCUT2D eigenvalue weighted by molar-refractivity contribution is 5.28. The lowest BCUT2D eigenvalue weighted by Crippen LogP contribution is -2.20. The van der Waals surface area contributed by atoms with E-state index in [1.165, 1.54) is 19.5 Å². The van der Waals surface area contributed by atoms with Crippen molar-refractivity contribution in [3.05, 3.63) is 11.9 Å². The van der Waals surface area contributed by atoms with E-state index in [1.54, 1.807) is 7.11 Å². The highest BCUT2D eigenvalue weighted by atomic mass is 16.5. The van der Waals surface area contributed by atoms with Gasteiger partial charge >= 0.3 is 0 Å². The van der Waals surface area contributed by atoms with Gasteiger partial charge in [0.1, 0.15) is 0 Å². The molecule has 0 aromatic carbocycles. The zero-order chi connectivity index (χ0) is 13.7. The topological polar surface area (TPSA) is 42.3 Å². The van der Waals surface area contributed by atoms with Crippen molar-refractivity contribution >= 4 is 5.95 Å². The third kappa shape index (κ3) is 4.21. The van der Waals surface area contributed by atoms with Gasteiger partial charge in [-0.3, -0.25) is 0 Å². The molecule has 0 bridgehead atoms. The van der Waals surface area contributed by atoms with Gasteiger partial charge < -0.3 is 19.5 Å². The van der Waals surface area contributed by atoms with E-state index in [4.69, 9.17) is 4.74 Å². The lowest BCUT2D eigenvalue weighted by atomic mass is 10.1. The zero-order valence-electron chi connectivity index (χ0n) is 12.4. The molecule has 5 heteroatoms. The first-order valence-corrected chi connectivity index (χ1v) is 7.14. The van der Waals surface area contributed by atoms with Crippen LogP contribution in [0.4, 0.5) is 5.95 Å². The number of hydrogen-bond donors (Lipinski definition) is 1. The van der Waals surface area contributed by atoms with Crippen LogP contribution >= 0.6 is 0 Å². The Bertz CT molecular complexity index is 391. The summed E-state index contributed by atoms with van der Waals surface area (Å²) in [5.74, 6) is 1.75. The van der Waals surface area contributed by atoms with Gasteiger partial charge in [-0.05, 0) is 39.3 Å². The van der Waals surface area contributed by atoms with Gasteiger partial charge in [0.15, 0.2) is 0 Å². The maximum Gasteiger partial charge on any atom is 0.203 e. The maximum absolute atomic E-state index is 5.10. The minimum atomic E-state index is 0.745. The number of methoxy groups -OCH3 is 1. The molecule has 1 fully saturated rings. The number of aryl methyl sites for hydroxylation is 2. The van der Waals surface area contributed by atoms with Crippen molar-refractivity contribution in [2.24, 2.45) is 5.92 Å². The summed E-state index contributed by atoms with van der Waals surface area (Å²) in [6.07, 6.45) is 4.42. The van der Waals surface area contributed by atoms with Gasteiger partial charge in [-0.2, -0.15) is 0 Å². The summed E-state index contributed by atoms with van der Waals surface area (Å²) in [7, 11) is 3.94. The molecule has 0 amide bonds. The molecule has 5 nitrogen and oxygen atoms in total. The van der Waals surface area contributed by atoms with E-state index in [0.717, 1.165) is 43.7 Å². The molecule has 0 aliphatic carbocycles. The van der Waals surface area contributed by atoms with Crippen LogP contribution in [0, 0.1) is 12.8 Å². The lowest BCUT2D eigenvalue weighted by Gasteiger charge is -2.13. The molecule has 0 saturated carbocycles. The normalized spacial score (nSPS) is 20.1. The molecule has 1 aromatic heterocycles. The fourth-order valence-electron chi connectivity index (χ4n) is 2.67. The van der Waals surface area contributed by atoms with Crippen molar-refractivity contribution in [3.8, 4) is 0 Å². The number of ether oxygens (including phenoxy) is 1. The van der Waals surface area contributed by atoms with Gasteiger partial charge in [0.2, 0.25) is 5.95 Å². The van der Waals surface area contributed by atoms with Crippen molar-refractivity contribution in [3.63, 3.8) is 0 Å². The Labute approximate surface area is 116 Å². The number of hydrogen-bond acceptors (Lipinski definition) is 4. The number of rotatable bonds is 7. The molecule has 1 aromatic rings. The highest BCUT2D eigenvalue weighted by Crippen LogP contribution is 2.16. The van der Waals surface area contributed by atoms with Gasteiger partial charge in [-0.15, -0.1) is 0 Å². The van der Waals surface area contributed by atoms with E-state index < -0.39 is 0 Å². The van der Waals surface area contributed by atoms with Gasteiger partial charge in [-0.1, -0.05) is 0 Å². The molecule has 1 aliphatic rings. The van der Waals surface area contributed by atoms with Crippen LogP contribution in [0.5, 0.6) is 0 Å². The highest BCUT2D eigenvalue weighted by Gasteiger charge is 2.19. The summed E-state index contributed by atoms with van der Waals surface area (Å²) in [5.41, 5.74) is 1.07. The molecule has 1 aliphatic heterocycles. The summed E-state index contributed by atoms with van der Waals surface area (Å²) >= 11 is 0. The van der Waals surface area contributed by atoms with Gasteiger partial charge in [-0.25, -0.2) is 4.98 Å². The second kappa shape index (κ2) is 6.91. The molecular weight excluding hydrogens is 240 g/mol. The van der Waals surface area contributed by atoms with E-state index in [2.05, 4.69) is 33.0 Å². The summed E-state index contributed by atoms with van der Waals surface area (Å²) in [4.78, 5) is 6.96. The second-order valence-corrected chi connectivity index (χ2v) is 5.54. The van der Waals surface area contributed by atoms with Gasteiger partial charge in [0.25, 0.3) is 0 Å². The zero-order valence-corrected chi connectivity index (χ0v) is 12.4. The quantitative estimate of drug-likeness (QED) is 0.761. The lowest BCUT2D eigenvalue weighted by molar-refractivity contribution is 0.190.